The summed E-state index contributed by atoms with van der Waals surface area (Å²) in [5.74, 6) is 1.70. The summed E-state index contributed by atoms with van der Waals surface area (Å²) in [4.78, 5) is 4.25. The molecule has 0 unspecified atom stereocenters. The maximum atomic E-state index is 5.68. The van der Waals surface area contributed by atoms with Gasteiger partial charge in [-0.1, -0.05) is 42.5 Å². The fraction of sp³-hybridized carbons (Fsp3) is 0.381. The van der Waals surface area contributed by atoms with E-state index in [0.717, 1.165) is 37.8 Å². The molecular weight excluding hydrogens is 453 g/mol. The normalized spacial score (nSPS) is 10.8. The number of aliphatic imine (C=N–C) groups is 1. The second kappa shape index (κ2) is 14.3. The van der Waals surface area contributed by atoms with Gasteiger partial charge in [0.05, 0.1) is 13.2 Å². The predicted octanol–water partition coefficient (Wildman–Crippen LogP) is 3.98. The molecule has 0 spiro atoms. The van der Waals surface area contributed by atoms with Crippen LogP contribution in [0.4, 0.5) is 0 Å². The fourth-order valence-corrected chi connectivity index (χ4v) is 2.37. The first kappa shape index (κ1) is 23.2. The average Bonchev–Trinajstić information content (AvgIpc) is 2.70. The molecule has 0 saturated carbocycles. The van der Waals surface area contributed by atoms with Crippen LogP contribution in [0.5, 0.6) is 5.75 Å². The Labute approximate surface area is 179 Å². The second-order valence-corrected chi connectivity index (χ2v) is 5.82. The SMILES string of the molecule is CCOCc1ccc(CNC(=NC)NCCCOc2ccccc2)cc1.I. The number of nitrogens with one attached hydrogen (secondary N) is 2. The Bertz CT molecular complexity index is 648. The summed E-state index contributed by atoms with van der Waals surface area (Å²) in [6.07, 6.45) is 0.904. The van der Waals surface area contributed by atoms with E-state index in [1.165, 1.54) is 11.1 Å². The highest BCUT2D eigenvalue weighted by molar-refractivity contribution is 14.0. The average molecular weight is 483 g/mol. The van der Waals surface area contributed by atoms with Crippen molar-refractivity contribution in [3.05, 3.63) is 65.7 Å². The van der Waals surface area contributed by atoms with Crippen LogP contribution in [0.15, 0.2) is 59.6 Å². The van der Waals surface area contributed by atoms with Gasteiger partial charge in [-0.15, -0.1) is 24.0 Å². The van der Waals surface area contributed by atoms with Crippen LogP contribution in [-0.4, -0.2) is 32.8 Å². The molecule has 2 rings (SSSR count). The molecule has 6 heteroatoms. The molecule has 2 aromatic carbocycles. The number of ether oxygens (including phenoxy) is 2. The lowest BCUT2D eigenvalue weighted by atomic mass is 10.1. The first-order valence-electron chi connectivity index (χ1n) is 9.09. The van der Waals surface area contributed by atoms with Gasteiger partial charge in [0.15, 0.2) is 5.96 Å². The van der Waals surface area contributed by atoms with Crippen molar-refractivity contribution < 1.29 is 9.47 Å². The third-order valence-corrected chi connectivity index (χ3v) is 3.80. The minimum Gasteiger partial charge on any atom is -0.494 e. The van der Waals surface area contributed by atoms with E-state index >= 15 is 0 Å². The molecule has 5 nitrogen and oxygen atoms in total. The number of benzene rings is 2. The Balaban J connectivity index is 0.00000364. The maximum absolute atomic E-state index is 5.68. The molecule has 0 bridgehead atoms. The van der Waals surface area contributed by atoms with E-state index in [1.807, 2.05) is 37.3 Å². The van der Waals surface area contributed by atoms with Crippen molar-refractivity contribution in [1.82, 2.24) is 10.6 Å². The Hall–Kier alpha value is -1.80. The van der Waals surface area contributed by atoms with E-state index in [4.69, 9.17) is 9.47 Å². The van der Waals surface area contributed by atoms with Crippen LogP contribution in [0.1, 0.15) is 24.5 Å². The molecule has 0 saturated heterocycles. The number of nitrogens with zero attached hydrogens (tertiary/aromatic N) is 1. The zero-order valence-corrected chi connectivity index (χ0v) is 18.4. The van der Waals surface area contributed by atoms with Gasteiger partial charge in [-0.2, -0.15) is 0 Å². The van der Waals surface area contributed by atoms with Crippen molar-refractivity contribution in [3.63, 3.8) is 0 Å². The summed E-state index contributed by atoms with van der Waals surface area (Å²) in [6, 6.07) is 18.3. The van der Waals surface area contributed by atoms with Crippen LogP contribution in [0.25, 0.3) is 0 Å². The number of halogens is 1. The topological polar surface area (TPSA) is 54.9 Å². The lowest BCUT2D eigenvalue weighted by Crippen LogP contribution is -2.37. The quantitative estimate of drug-likeness (QED) is 0.233. The summed E-state index contributed by atoms with van der Waals surface area (Å²) < 4.78 is 11.1. The molecule has 0 radical (unpaired) electrons. The monoisotopic (exact) mass is 483 g/mol. The van der Waals surface area contributed by atoms with Crippen LogP contribution >= 0.6 is 24.0 Å². The van der Waals surface area contributed by atoms with Crippen molar-refractivity contribution in [2.45, 2.75) is 26.5 Å². The number of rotatable bonds is 10. The van der Waals surface area contributed by atoms with Crippen LogP contribution in [-0.2, 0) is 17.9 Å². The van der Waals surface area contributed by atoms with E-state index < -0.39 is 0 Å². The lowest BCUT2D eigenvalue weighted by Gasteiger charge is -2.12. The third kappa shape index (κ3) is 9.63. The van der Waals surface area contributed by atoms with Gasteiger partial charge in [0.2, 0.25) is 0 Å². The molecule has 0 heterocycles. The predicted molar refractivity (Wildman–Crippen MR) is 122 cm³/mol. The molecule has 0 amide bonds. The summed E-state index contributed by atoms with van der Waals surface area (Å²) in [5.41, 5.74) is 2.40. The van der Waals surface area contributed by atoms with E-state index in [0.29, 0.717) is 13.2 Å². The summed E-state index contributed by atoms with van der Waals surface area (Å²) >= 11 is 0. The van der Waals surface area contributed by atoms with Crippen LogP contribution in [0, 0.1) is 0 Å². The van der Waals surface area contributed by atoms with Crippen molar-refractivity contribution in [2.24, 2.45) is 4.99 Å². The number of hydrogen-bond acceptors (Lipinski definition) is 3. The molecule has 0 atom stereocenters. The fourth-order valence-electron chi connectivity index (χ4n) is 2.37. The largest absolute Gasteiger partial charge is 0.494 e. The van der Waals surface area contributed by atoms with Crippen molar-refractivity contribution in [2.75, 3.05) is 26.8 Å². The minimum atomic E-state index is 0. The van der Waals surface area contributed by atoms with Gasteiger partial charge in [-0.3, -0.25) is 4.99 Å². The van der Waals surface area contributed by atoms with Gasteiger partial charge in [-0.05, 0) is 36.6 Å². The maximum Gasteiger partial charge on any atom is 0.191 e. The molecule has 0 aliphatic rings. The molecule has 27 heavy (non-hydrogen) atoms. The van der Waals surface area contributed by atoms with E-state index in [-0.39, 0.29) is 24.0 Å². The first-order chi connectivity index (χ1) is 12.8. The molecule has 148 valence electrons. The Morgan fingerprint density at radius 2 is 1.67 bits per heavy atom. The Morgan fingerprint density at radius 1 is 0.963 bits per heavy atom. The van der Waals surface area contributed by atoms with Crippen LogP contribution in [0.2, 0.25) is 0 Å². The number of para-hydroxylation sites is 1. The van der Waals surface area contributed by atoms with Gasteiger partial charge < -0.3 is 20.1 Å². The van der Waals surface area contributed by atoms with Crippen molar-refractivity contribution in [1.29, 1.82) is 0 Å². The third-order valence-electron chi connectivity index (χ3n) is 3.80. The molecule has 2 N–H and O–H groups in total. The molecule has 0 aliphatic heterocycles. The van der Waals surface area contributed by atoms with Crippen LogP contribution < -0.4 is 15.4 Å². The van der Waals surface area contributed by atoms with E-state index in [1.54, 1.807) is 7.05 Å². The van der Waals surface area contributed by atoms with Gasteiger partial charge in [-0.25, -0.2) is 0 Å². The van der Waals surface area contributed by atoms with Crippen molar-refractivity contribution >= 4 is 29.9 Å². The highest BCUT2D eigenvalue weighted by Gasteiger charge is 1.99. The summed E-state index contributed by atoms with van der Waals surface area (Å²) in [5, 5.41) is 6.63. The molecular formula is C21H30IN3O2. The van der Waals surface area contributed by atoms with Crippen LogP contribution in [0.3, 0.4) is 0 Å². The molecule has 0 aromatic heterocycles. The molecule has 2 aromatic rings. The number of guanidine groups is 1. The molecule has 0 fully saturated rings. The highest BCUT2D eigenvalue weighted by Crippen LogP contribution is 2.08. The smallest absolute Gasteiger partial charge is 0.191 e. The minimum absolute atomic E-state index is 0. The number of hydrogen-bond donors (Lipinski definition) is 2. The van der Waals surface area contributed by atoms with E-state index in [9.17, 15) is 0 Å². The second-order valence-electron chi connectivity index (χ2n) is 5.82. The summed E-state index contributed by atoms with van der Waals surface area (Å²) in [6.45, 7) is 5.62. The summed E-state index contributed by atoms with van der Waals surface area (Å²) in [7, 11) is 1.78. The molecule has 0 aliphatic carbocycles. The van der Waals surface area contributed by atoms with Gasteiger partial charge in [0.1, 0.15) is 5.75 Å². The standard InChI is InChI=1S/C21H29N3O2.HI/c1-3-25-17-19-12-10-18(11-13-19)16-24-21(22-2)23-14-7-15-26-20-8-5-4-6-9-20;/h4-6,8-13H,3,7,14-17H2,1-2H3,(H2,22,23,24);1H. The van der Waals surface area contributed by atoms with Gasteiger partial charge >= 0.3 is 0 Å². The first-order valence-corrected chi connectivity index (χ1v) is 9.09. The van der Waals surface area contributed by atoms with E-state index in [2.05, 4.69) is 39.9 Å². The van der Waals surface area contributed by atoms with Gasteiger partial charge in [0, 0.05) is 26.7 Å². The van der Waals surface area contributed by atoms with Gasteiger partial charge in [0.25, 0.3) is 0 Å². The Kier molecular flexibility index (Phi) is 12.3. The zero-order chi connectivity index (χ0) is 18.5. The highest BCUT2D eigenvalue weighted by atomic mass is 127. The van der Waals surface area contributed by atoms with Crippen molar-refractivity contribution in [3.8, 4) is 5.75 Å². The lowest BCUT2D eigenvalue weighted by molar-refractivity contribution is 0.134. The Morgan fingerprint density at radius 3 is 2.33 bits per heavy atom. The zero-order valence-electron chi connectivity index (χ0n) is 16.1.